The van der Waals surface area contributed by atoms with Crippen molar-refractivity contribution in [3.63, 3.8) is 0 Å². The summed E-state index contributed by atoms with van der Waals surface area (Å²) in [6, 6.07) is 12.7. The van der Waals surface area contributed by atoms with Crippen LogP contribution in [0.5, 0.6) is 11.8 Å². The number of ether oxygens (including phenoxy) is 4. The molecule has 0 atom stereocenters. The number of nitrogens with zero attached hydrogens (tertiary/aromatic N) is 6. The lowest BCUT2D eigenvalue weighted by Gasteiger charge is -2.16. The molecule has 0 saturated heterocycles. The standard InChI is InChI=1S/C21H33N3O3Si.C16H23N3O4Si/c1-21(2,3)13-18(25)16-14-24(15-27-11-12-28(5,6)7)23-20(16)17-9-8-10-19(22-17)26-4;1-22-14-7-5-6-13(17-14)15-12(16(20)21)10-19(18-15)11-23-8-9-24(2,3)4/h8-10,14H,11-13,15H2,1-7H3;5-7,10H,8-9,11H2,1-4H3,(H,20,21). The monoisotopic (exact) mass is 752 g/mol. The van der Waals surface area contributed by atoms with Crippen LogP contribution < -0.4 is 9.47 Å². The van der Waals surface area contributed by atoms with Gasteiger partial charge in [-0.2, -0.15) is 10.2 Å². The van der Waals surface area contributed by atoms with Gasteiger partial charge < -0.3 is 24.1 Å². The highest BCUT2D eigenvalue weighted by Crippen LogP contribution is 2.28. The number of carboxylic acid groups (broad SMARTS) is 1. The van der Waals surface area contributed by atoms with E-state index in [0.29, 0.717) is 66.5 Å². The Bertz CT molecular complexity index is 1770. The number of Topliss-reactive ketones (excluding diaryl/α,β-unsaturated/α-hetero) is 1. The van der Waals surface area contributed by atoms with Gasteiger partial charge in [-0.05, 0) is 29.6 Å². The van der Waals surface area contributed by atoms with Crippen molar-refractivity contribution in [3.8, 4) is 34.5 Å². The summed E-state index contributed by atoms with van der Waals surface area (Å²) < 4.78 is 24.9. The van der Waals surface area contributed by atoms with Crippen molar-refractivity contribution >= 4 is 27.9 Å². The molecule has 0 spiro atoms. The molecule has 0 aromatic carbocycles. The van der Waals surface area contributed by atoms with Crippen LogP contribution in [0.4, 0.5) is 0 Å². The average molecular weight is 753 g/mol. The zero-order valence-corrected chi connectivity index (χ0v) is 34.6. The maximum atomic E-state index is 12.9. The minimum Gasteiger partial charge on any atom is -0.481 e. The summed E-state index contributed by atoms with van der Waals surface area (Å²) in [7, 11) is 0.785. The number of methoxy groups -OCH3 is 2. The molecule has 0 amide bonds. The predicted octanol–water partition coefficient (Wildman–Crippen LogP) is 7.85. The van der Waals surface area contributed by atoms with Crippen LogP contribution in [0, 0.1) is 5.41 Å². The fourth-order valence-corrected chi connectivity index (χ4v) is 6.20. The first-order valence-electron chi connectivity index (χ1n) is 17.4. The molecule has 13 nitrogen and oxygen atoms in total. The minimum absolute atomic E-state index is 0.0560. The van der Waals surface area contributed by atoms with Gasteiger partial charge in [-0.3, -0.25) is 4.79 Å². The molecule has 0 saturated carbocycles. The molecule has 4 aromatic rings. The van der Waals surface area contributed by atoms with Crippen molar-refractivity contribution in [2.24, 2.45) is 5.41 Å². The highest BCUT2D eigenvalue weighted by molar-refractivity contribution is 6.76. The molecule has 0 aliphatic heterocycles. The Labute approximate surface area is 309 Å². The summed E-state index contributed by atoms with van der Waals surface area (Å²) in [6.07, 6.45) is 3.68. The Morgan fingerprint density at radius 3 is 1.52 bits per heavy atom. The molecule has 0 fully saturated rings. The van der Waals surface area contributed by atoms with Crippen LogP contribution in [-0.2, 0) is 22.9 Å². The summed E-state index contributed by atoms with van der Waals surface area (Å²) in [6.45, 7) is 21.8. The molecule has 4 rings (SSSR count). The zero-order chi connectivity index (χ0) is 38.7. The van der Waals surface area contributed by atoms with Gasteiger partial charge >= 0.3 is 5.97 Å². The van der Waals surface area contributed by atoms with E-state index < -0.39 is 22.1 Å². The predicted molar refractivity (Wildman–Crippen MR) is 208 cm³/mol. The number of rotatable bonds is 17. The van der Waals surface area contributed by atoms with Crippen molar-refractivity contribution < 1.29 is 33.6 Å². The third kappa shape index (κ3) is 14.1. The van der Waals surface area contributed by atoms with Gasteiger partial charge in [-0.15, -0.1) is 0 Å². The highest BCUT2D eigenvalue weighted by atomic mass is 28.3. The van der Waals surface area contributed by atoms with E-state index in [0.717, 1.165) is 12.1 Å². The van der Waals surface area contributed by atoms with Crippen LogP contribution in [0.3, 0.4) is 0 Å². The van der Waals surface area contributed by atoms with Gasteiger partial charge in [0.25, 0.3) is 0 Å². The first-order valence-corrected chi connectivity index (χ1v) is 24.8. The number of carbonyl (C=O) groups excluding carboxylic acids is 1. The highest BCUT2D eigenvalue weighted by Gasteiger charge is 2.24. The maximum Gasteiger partial charge on any atom is 0.339 e. The van der Waals surface area contributed by atoms with Gasteiger partial charge in [-0.25, -0.2) is 24.1 Å². The zero-order valence-electron chi connectivity index (χ0n) is 32.6. The van der Waals surface area contributed by atoms with Crippen molar-refractivity contribution in [2.45, 2.75) is 92.0 Å². The Balaban J connectivity index is 0.000000284. The smallest absolute Gasteiger partial charge is 0.339 e. The maximum absolute atomic E-state index is 12.9. The quantitative estimate of drug-likeness (QED) is 0.0638. The van der Waals surface area contributed by atoms with Gasteiger partial charge in [0.05, 0.1) is 31.2 Å². The van der Waals surface area contributed by atoms with E-state index in [1.165, 1.54) is 18.0 Å². The second kappa shape index (κ2) is 18.5. The van der Waals surface area contributed by atoms with Crippen LogP contribution >= 0.6 is 0 Å². The van der Waals surface area contributed by atoms with E-state index in [4.69, 9.17) is 18.9 Å². The fourth-order valence-electron chi connectivity index (χ4n) is 4.68. The first kappa shape index (κ1) is 42.2. The molecule has 52 heavy (non-hydrogen) atoms. The second-order valence-electron chi connectivity index (χ2n) is 16.2. The summed E-state index contributed by atoms with van der Waals surface area (Å²) in [5, 5.41) is 18.3. The summed E-state index contributed by atoms with van der Waals surface area (Å²) >= 11 is 0. The largest absolute Gasteiger partial charge is 0.481 e. The molecule has 0 aliphatic carbocycles. The van der Waals surface area contributed by atoms with E-state index in [2.05, 4.69) is 80.2 Å². The molecular formula is C37H56N6O7Si2. The number of hydrogen-bond donors (Lipinski definition) is 1. The number of hydrogen-bond acceptors (Lipinski definition) is 10. The van der Waals surface area contributed by atoms with Gasteiger partial charge in [0.2, 0.25) is 11.8 Å². The third-order valence-electron chi connectivity index (χ3n) is 7.54. The molecular weight excluding hydrogens is 697 g/mol. The van der Waals surface area contributed by atoms with Gasteiger partial charge in [-0.1, -0.05) is 72.2 Å². The third-order valence-corrected chi connectivity index (χ3v) is 10.9. The Morgan fingerprint density at radius 1 is 0.712 bits per heavy atom. The number of carbonyl (C=O) groups is 2. The van der Waals surface area contributed by atoms with Crippen molar-refractivity contribution in [2.75, 3.05) is 27.4 Å². The van der Waals surface area contributed by atoms with Crippen LogP contribution in [0.2, 0.25) is 51.4 Å². The molecule has 4 heterocycles. The van der Waals surface area contributed by atoms with Gasteiger partial charge in [0.15, 0.2) is 5.78 Å². The molecule has 0 radical (unpaired) electrons. The van der Waals surface area contributed by atoms with E-state index in [9.17, 15) is 14.7 Å². The average Bonchev–Trinajstić information content (AvgIpc) is 3.69. The summed E-state index contributed by atoms with van der Waals surface area (Å²) in [5.41, 5.74) is 2.50. The Hall–Kier alpha value is -4.19. The van der Waals surface area contributed by atoms with Crippen LogP contribution in [-0.4, -0.2) is 90.0 Å². The number of aromatic nitrogens is 6. The molecule has 0 bridgehead atoms. The SMILES string of the molecule is COc1cccc(-c2nn(COCC[Si](C)(C)C)cc2C(=O)CC(C)(C)C)n1.COc1cccc(-c2nn(COCC[Si](C)(C)C)cc2C(=O)O)n1. The molecule has 1 N–H and O–H groups in total. The number of ketones is 1. The molecule has 4 aromatic heterocycles. The first-order chi connectivity index (χ1) is 24.3. The molecule has 0 aliphatic rings. The van der Waals surface area contributed by atoms with Crippen molar-refractivity contribution in [1.82, 2.24) is 29.5 Å². The minimum atomic E-state index is -1.15. The normalized spacial score (nSPS) is 11.9. The lowest BCUT2D eigenvalue weighted by atomic mass is 9.88. The van der Waals surface area contributed by atoms with Crippen molar-refractivity contribution in [1.29, 1.82) is 0 Å². The lowest BCUT2D eigenvalue weighted by molar-refractivity contribution is 0.0693. The molecule has 15 heteroatoms. The van der Waals surface area contributed by atoms with Crippen molar-refractivity contribution in [3.05, 3.63) is 59.9 Å². The van der Waals surface area contributed by atoms with Gasteiger partial charge in [0, 0.05) is 60.3 Å². The summed E-state index contributed by atoms with van der Waals surface area (Å²) in [5.74, 6) is -0.0964. The Morgan fingerprint density at radius 2 is 1.13 bits per heavy atom. The fraction of sp³-hybridized carbons (Fsp3) is 0.514. The van der Waals surface area contributed by atoms with Crippen LogP contribution in [0.15, 0.2) is 48.8 Å². The van der Waals surface area contributed by atoms with Crippen LogP contribution in [0.1, 0.15) is 47.9 Å². The van der Waals surface area contributed by atoms with E-state index in [-0.39, 0.29) is 23.5 Å². The lowest BCUT2D eigenvalue weighted by Crippen LogP contribution is -2.22. The number of carboxylic acids is 1. The topological polar surface area (TPSA) is 153 Å². The number of aromatic carboxylic acids is 1. The second-order valence-corrected chi connectivity index (χ2v) is 27.4. The molecule has 0 unspecified atom stereocenters. The molecule has 284 valence electrons. The van der Waals surface area contributed by atoms with Crippen LogP contribution in [0.25, 0.3) is 22.8 Å². The number of pyridine rings is 2. The Kier molecular flexibility index (Phi) is 15.1. The summed E-state index contributed by atoms with van der Waals surface area (Å²) in [4.78, 5) is 33.1. The van der Waals surface area contributed by atoms with E-state index in [1.807, 2.05) is 12.1 Å². The van der Waals surface area contributed by atoms with E-state index in [1.54, 1.807) is 42.3 Å². The van der Waals surface area contributed by atoms with Gasteiger partial charge in [0.1, 0.15) is 30.4 Å². The van der Waals surface area contributed by atoms with E-state index >= 15 is 0 Å².